The summed E-state index contributed by atoms with van der Waals surface area (Å²) in [5.41, 5.74) is 1.61. The highest BCUT2D eigenvalue weighted by Crippen LogP contribution is 2.31. The molecule has 2 amide bonds. The van der Waals surface area contributed by atoms with Gasteiger partial charge in [-0.2, -0.15) is 5.26 Å². The van der Waals surface area contributed by atoms with E-state index in [9.17, 15) is 9.59 Å². The summed E-state index contributed by atoms with van der Waals surface area (Å²) in [4.78, 5) is 25.7. The summed E-state index contributed by atoms with van der Waals surface area (Å²) < 4.78 is 10.5. The van der Waals surface area contributed by atoms with Crippen LogP contribution in [0.2, 0.25) is 0 Å². The predicted octanol–water partition coefficient (Wildman–Crippen LogP) is 2.96. The lowest BCUT2D eigenvalue weighted by Gasteiger charge is -2.22. The smallest absolute Gasteiger partial charge is 0.226 e. The highest BCUT2D eigenvalue weighted by Gasteiger charge is 2.16. The van der Waals surface area contributed by atoms with Crippen LogP contribution in [0.3, 0.4) is 0 Å². The molecule has 0 aliphatic rings. The maximum absolute atomic E-state index is 12.2. The lowest BCUT2D eigenvalue weighted by Crippen LogP contribution is -2.32. The third kappa shape index (κ3) is 5.22. The first-order chi connectivity index (χ1) is 13.0. The molecule has 7 heteroatoms. The van der Waals surface area contributed by atoms with Gasteiger partial charge in [-0.25, -0.2) is 0 Å². The molecule has 0 aliphatic carbocycles. The molecule has 0 aliphatic heterocycles. The van der Waals surface area contributed by atoms with Crippen LogP contribution < -0.4 is 19.7 Å². The van der Waals surface area contributed by atoms with Gasteiger partial charge in [-0.05, 0) is 30.3 Å². The number of rotatable bonds is 7. The summed E-state index contributed by atoms with van der Waals surface area (Å²) in [5.74, 6) is 0.609. The van der Waals surface area contributed by atoms with Gasteiger partial charge in [0.2, 0.25) is 11.8 Å². The third-order valence-electron chi connectivity index (χ3n) is 3.90. The zero-order valence-electron chi connectivity index (χ0n) is 15.5. The van der Waals surface area contributed by atoms with Gasteiger partial charge in [0.25, 0.3) is 0 Å². The van der Waals surface area contributed by atoms with E-state index in [1.165, 1.54) is 26.0 Å². The summed E-state index contributed by atoms with van der Waals surface area (Å²) in [6.07, 6.45) is 0.102. The number of ether oxygens (including phenoxy) is 2. The first kappa shape index (κ1) is 19.8. The van der Waals surface area contributed by atoms with Gasteiger partial charge in [0.15, 0.2) is 11.5 Å². The lowest BCUT2D eigenvalue weighted by molar-refractivity contribution is -0.117. The molecule has 0 radical (unpaired) electrons. The quantitative estimate of drug-likeness (QED) is 0.812. The Bertz CT molecular complexity index is 874. The van der Waals surface area contributed by atoms with Crippen LogP contribution in [0.1, 0.15) is 18.9 Å². The van der Waals surface area contributed by atoms with E-state index in [2.05, 4.69) is 5.32 Å². The van der Waals surface area contributed by atoms with Crippen LogP contribution in [0, 0.1) is 11.3 Å². The highest BCUT2D eigenvalue weighted by molar-refractivity contribution is 5.95. The molecule has 140 valence electrons. The van der Waals surface area contributed by atoms with Gasteiger partial charge in [-0.1, -0.05) is 6.07 Å². The molecule has 2 rings (SSSR count). The van der Waals surface area contributed by atoms with Crippen molar-refractivity contribution in [2.75, 3.05) is 31.0 Å². The van der Waals surface area contributed by atoms with E-state index >= 15 is 0 Å². The van der Waals surface area contributed by atoms with Crippen LogP contribution in [0.25, 0.3) is 0 Å². The van der Waals surface area contributed by atoms with Crippen LogP contribution in [0.5, 0.6) is 11.5 Å². The molecular weight excluding hydrogens is 346 g/mol. The van der Waals surface area contributed by atoms with Crippen molar-refractivity contribution in [3.05, 3.63) is 48.0 Å². The van der Waals surface area contributed by atoms with Gasteiger partial charge in [0.1, 0.15) is 0 Å². The molecule has 0 atom stereocenters. The molecule has 27 heavy (non-hydrogen) atoms. The van der Waals surface area contributed by atoms with E-state index in [-0.39, 0.29) is 24.8 Å². The monoisotopic (exact) mass is 367 g/mol. The normalized spacial score (nSPS) is 9.85. The van der Waals surface area contributed by atoms with Crippen molar-refractivity contribution in [3.63, 3.8) is 0 Å². The van der Waals surface area contributed by atoms with E-state index in [4.69, 9.17) is 14.7 Å². The highest BCUT2D eigenvalue weighted by atomic mass is 16.5. The van der Waals surface area contributed by atoms with Crippen molar-refractivity contribution in [1.82, 2.24) is 0 Å². The fraction of sp³-hybridized carbons (Fsp3) is 0.250. The SMILES string of the molecule is COc1ccc(N(CCC(=O)Nc2cccc(C#N)c2)C(C)=O)cc1OC. The van der Waals surface area contributed by atoms with Crippen molar-refractivity contribution < 1.29 is 19.1 Å². The maximum atomic E-state index is 12.2. The average molecular weight is 367 g/mol. The second-order valence-corrected chi connectivity index (χ2v) is 5.70. The number of nitrogens with zero attached hydrogens (tertiary/aromatic N) is 2. The second kappa shape index (κ2) is 9.25. The minimum Gasteiger partial charge on any atom is -0.493 e. The van der Waals surface area contributed by atoms with Crippen LogP contribution in [0.4, 0.5) is 11.4 Å². The Morgan fingerprint density at radius 1 is 1.11 bits per heavy atom. The summed E-state index contributed by atoms with van der Waals surface area (Å²) in [5, 5.41) is 11.6. The summed E-state index contributed by atoms with van der Waals surface area (Å²) >= 11 is 0. The average Bonchev–Trinajstić information content (AvgIpc) is 2.67. The molecule has 2 aromatic carbocycles. The van der Waals surface area contributed by atoms with Crippen LogP contribution in [0.15, 0.2) is 42.5 Å². The van der Waals surface area contributed by atoms with Crippen LogP contribution in [-0.2, 0) is 9.59 Å². The predicted molar refractivity (Wildman–Crippen MR) is 102 cm³/mol. The zero-order valence-corrected chi connectivity index (χ0v) is 15.5. The third-order valence-corrected chi connectivity index (χ3v) is 3.90. The molecule has 0 unspecified atom stereocenters. The van der Waals surface area contributed by atoms with Gasteiger partial charge in [0, 0.05) is 37.3 Å². The number of nitriles is 1. The fourth-order valence-electron chi connectivity index (χ4n) is 2.56. The summed E-state index contributed by atoms with van der Waals surface area (Å²) in [7, 11) is 3.05. The summed E-state index contributed by atoms with van der Waals surface area (Å²) in [6, 6.07) is 13.8. The molecule has 0 fully saturated rings. The molecule has 1 N–H and O–H groups in total. The fourth-order valence-corrected chi connectivity index (χ4v) is 2.56. The second-order valence-electron chi connectivity index (χ2n) is 5.70. The van der Waals surface area contributed by atoms with Crippen LogP contribution in [-0.4, -0.2) is 32.6 Å². The van der Waals surface area contributed by atoms with Crippen molar-refractivity contribution in [3.8, 4) is 17.6 Å². The molecule has 0 spiro atoms. The molecule has 0 bridgehead atoms. The topological polar surface area (TPSA) is 91.7 Å². The van der Waals surface area contributed by atoms with Gasteiger partial charge >= 0.3 is 0 Å². The van der Waals surface area contributed by atoms with Crippen molar-refractivity contribution in [1.29, 1.82) is 5.26 Å². The molecule has 0 saturated carbocycles. The van der Waals surface area contributed by atoms with E-state index in [1.54, 1.807) is 42.5 Å². The number of hydrogen-bond donors (Lipinski definition) is 1. The number of hydrogen-bond acceptors (Lipinski definition) is 5. The number of carbonyl (C=O) groups excluding carboxylic acids is 2. The van der Waals surface area contributed by atoms with E-state index in [1.807, 2.05) is 6.07 Å². The number of methoxy groups -OCH3 is 2. The molecule has 2 aromatic rings. The van der Waals surface area contributed by atoms with Gasteiger partial charge in [-0.15, -0.1) is 0 Å². The van der Waals surface area contributed by atoms with Crippen molar-refractivity contribution in [2.45, 2.75) is 13.3 Å². The zero-order chi connectivity index (χ0) is 19.8. The van der Waals surface area contributed by atoms with E-state index in [0.717, 1.165) is 0 Å². The standard InChI is InChI=1S/C20H21N3O4/c1-14(24)23(17-7-8-18(26-2)19(12-17)27-3)10-9-20(25)22-16-6-4-5-15(11-16)13-21/h4-8,11-12H,9-10H2,1-3H3,(H,22,25). The van der Waals surface area contributed by atoms with Crippen LogP contribution >= 0.6 is 0 Å². The Morgan fingerprint density at radius 3 is 2.48 bits per heavy atom. The Morgan fingerprint density at radius 2 is 1.85 bits per heavy atom. The number of nitrogens with one attached hydrogen (secondary N) is 1. The Labute approximate surface area is 158 Å². The lowest BCUT2D eigenvalue weighted by atomic mass is 10.2. The Balaban J connectivity index is 2.07. The first-order valence-electron chi connectivity index (χ1n) is 8.28. The van der Waals surface area contributed by atoms with Gasteiger partial charge < -0.3 is 19.7 Å². The number of anilines is 2. The molecule has 7 nitrogen and oxygen atoms in total. The van der Waals surface area contributed by atoms with Crippen molar-refractivity contribution >= 4 is 23.2 Å². The molecule has 0 aromatic heterocycles. The Kier molecular flexibility index (Phi) is 6.78. The summed E-state index contributed by atoms with van der Waals surface area (Å²) in [6.45, 7) is 1.64. The van der Waals surface area contributed by atoms with Gasteiger partial charge in [0.05, 0.1) is 25.9 Å². The Hall–Kier alpha value is -3.53. The minimum atomic E-state index is -0.253. The van der Waals surface area contributed by atoms with Crippen molar-refractivity contribution in [2.24, 2.45) is 0 Å². The molecular formula is C20H21N3O4. The van der Waals surface area contributed by atoms with E-state index < -0.39 is 0 Å². The number of carbonyl (C=O) groups is 2. The number of benzene rings is 2. The number of amides is 2. The van der Waals surface area contributed by atoms with E-state index in [0.29, 0.717) is 28.4 Å². The minimum absolute atomic E-state index is 0.102. The van der Waals surface area contributed by atoms with Gasteiger partial charge in [-0.3, -0.25) is 9.59 Å². The first-order valence-corrected chi connectivity index (χ1v) is 8.28. The molecule has 0 saturated heterocycles. The molecule has 0 heterocycles. The maximum Gasteiger partial charge on any atom is 0.226 e. The largest absolute Gasteiger partial charge is 0.493 e.